The van der Waals surface area contributed by atoms with Crippen molar-refractivity contribution in [2.45, 2.75) is 6.54 Å². The van der Waals surface area contributed by atoms with Gasteiger partial charge in [0.15, 0.2) is 17.2 Å². The molecule has 2 aliphatic heterocycles. The van der Waals surface area contributed by atoms with Crippen molar-refractivity contribution in [1.82, 2.24) is 4.90 Å². The molecule has 5 rings (SSSR count). The van der Waals surface area contributed by atoms with E-state index in [2.05, 4.69) is 28.4 Å². The third-order valence-electron chi connectivity index (χ3n) is 6.73. The van der Waals surface area contributed by atoms with E-state index in [1.165, 1.54) is 0 Å². The Balaban J connectivity index is 1.35. The first kappa shape index (κ1) is 28.0. The number of halogens is 1. The van der Waals surface area contributed by atoms with Crippen LogP contribution in [0.5, 0.6) is 23.0 Å². The highest BCUT2D eigenvalue weighted by atomic mass is 35.5. The van der Waals surface area contributed by atoms with E-state index in [0.29, 0.717) is 74.1 Å². The standard InChI is InChI=1S/C30H34ClN3O6/c1-36-29-19-24(34-11-14-37-15-12-34)8-6-22(29)20-33-10-13-38-16-17-39-27-4-2-3-5-28(27)40-26-9-7-23(31)18-25(26)32-30(35)21-33/h2-9,18-19H,10-17,20-21H2,1H3,(H,32,35). The number of amides is 1. The number of hydrogen-bond acceptors (Lipinski definition) is 8. The molecule has 2 aliphatic rings. The molecule has 1 N–H and O–H groups in total. The van der Waals surface area contributed by atoms with Crippen LogP contribution in [0.2, 0.25) is 5.02 Å². The van der Waals surface area contributed by atoms with Gasteiger partial charge in [-0.25, -0.2) is 0 Å². The summed E-state index contributed by atoms with van der Waals surface area (Å²) in [5, 5.41) is 3.46. The topological polar surface area (TPSA) is 81.7 Å². The lowest BCUT2D eigenvalue weighted by atomic mass is 10.1. The van der Waals surface area contributed by atoms with Gasteiger partial charge in [0.25, 0.3) is 0 Å². The lowest BCUT2D eigenvalue weighted by molar-refractivity contribution is -0.117. The number of carbonyl (C=O) groups excluding carboxylic acids is 1. The average molecular weight is 568 g/mol. The lowest BCUT2D eigenvalue weighted by Gasteiger charge is -2.30. The van der Waals surface area contributed by atoms with Gasteiger partial charge in [0, 0.05) is 48.5 Å². The minimum absolute atomic E-state index is 0.136. The van der Waals surface area contributed by atoms with E-state index < -0.39 is 0 Å². The van der Waals surface area contributed by atoms with Gasteiger partial charge in [-0.2, -0.15) is 0 Å². The largest absolute Gasteiger partial charge is 0.496 e. The van der Waals surface area contributed by atoms with Crippen molar-refractivity contribution >= 4 is 28.9 Å². The zero-order valence-electron chi connectivity index (χ0n) is 22.6. The molecule has 1 fully saturated rings. The SMILES string of the molecule is COc1cc(N2CCOCC2)ccc1CN1CCOCCOc2ccccc2Oc2ccc(Cl)cc2NC(=O)C1. The molecule has 3 aromatic carbocycles. The smallest absolute Gasteiger partial charge is 0.238 e. The molecule has 212 valence electrons. The second kappa shape index (κ2) is 13.7. The van der Waals surface area contributed by atoms with E-state index in [-0.39, 0.29) is 12.5 Å². The van der Waals surface area contributed by atoms with Gasteiger partial charge in [-0.15, -0.1) is 0 Å². The first-order chi connectivity index (χ1) is 19.6. The van der Waals surface area contributed by atoms with E-state index in [4.69, 9.17) is 35.3 Å². The Morgan fingerprint density at radius 2 is 1.65 bits per heavy atom. The molecule has 0 bridgehead atoms. The maximum Gasteiger partial charge on any atom is 0.238 e. The van der Waals surface area contributed by atoms with Crippen LogP contribution in [0.25, 0.3) is 0 Å². The van der Waals surface area contributed by atoms with E-state index in [1.807, 2.05) is 29.2 Å². The molecule has 0 saturated carbocycles. The maximum atomic E-state index is 13.3. The summed E-state index contributed by atoms with van der Waals surface area (Å²) in [6, 6.07) is 18.7. The Labute approximate surface area is 239 Å². The first-order valence-electron chi connectivity index (χ1n) is 13.4. The van der Waals surface area contributed by atoms with Crippen molar-refractivity contribution < 1.29 is 28.5 Å². The number of carbonyl (C=O) groups is 1. The molecule has 9 nitrogen and oxygen atoms in total. The fraction of sp³-hybridized carbons (Fsp3) is 0.367. The molecule has 1 saturated heterocycles. The number of benzene rings is 3. The monoisotopic (exact) mass is 567 g/mol. The Morgan fingerprint density at radius 3 is 2.48 bits per heavy atom. The van der Waals surface area contributed by atoms with Crippen molar-refractivity contribution in [3.05, 3.63) is 71.2 Å². The van der Waals surface area contributed by atoms with Crippen molar-refractivity contribution in [2.75, 3.05) is 76.5 Å². The van der Waals surface area contributed by atoms with E-state index in [0.717, 1.165) is 30.1 Å². The molecule has 10 heteroatoms. The van der Waals surface area contributed by atoms with Gasteiger partial charge < -0.3 is 33.9 Å². The van der Waals surface area contributed by atoms with Crippen molar-refractivity contribution in [2.24, 2.45) is 0 Å². The molecule has 0 spiro atoms. The molecule has 2 heterocycles. The second-order valence-electron chi connectivity index (χ2n) is 9.50. The van der Waals surface area contributed by atoms with Crippen molar-refractivity contribution in [3.63, 3.8) is 0 Å². The van der Waals surface area contributed by atoms with Gasteiger partial charge in [-0.1, -0.05) is 29.8 Å². The Kier molecular flexibility index (Phi) is 9.62. The predicted molar refractivity (Wildman–Crippen MR) is 154 cm³/mol. The second-order valence-corrected chi connectivity index (χ2v) is 9.94. The Morgan fingerprint density at radius 1 is 0.875 bits per heavy atom. The number of nitrogens with one attached hydrogen (secondary N) is 1. The van der Waals surface area contributed by atoms with Gasteiger partial charge in [-0.3, -0.25) is 9.69 Å². The summed E-state index contributed by atoms with van der Waals surface area (Å²) >= 11 is 6.27. The number of rotatable bonds is 4. The van der Waals surface area contributed by atoms with Crippen LogP contribution in [0.3, 0.4) is 0 Å². The quantitative estimate of drug-likeness (QED) is 0.480. The molecule has 0 atom stereocenters. The van der Waals surface area contributed by atoms with Crippen LogP contribution >= 0.6 is 11.6 Å². The summed E-state index contributed by atoms with van der Waals surface area (Å²) in [7, 11) is 1.67. The zero-order chi connectivity index (χ0) is 27.7. The molecule has 0 radical (unpaired) electrons. The Bertz CT molecular complexity index is 1300. The van der Waals surface area contributed by atoms with Crippen LogP contribution in [-0.4, -0.2) is 77.1 Å². The minimum Gasteiger partial charge on any atom is -0.496 e. The number of para-hydroxylation sites is 2. The van der Waals surface area contributed by atoms with Crippen LogP contribution in [0, 0.1) is 0 Å². The molecular weight excluding hydrogens is 534 g/mol. The number of fused-ring (bicyclic) bond motifs is 2. The maximum absolute atomic E-state index is 13.3. The normalized spacial score (nSPS) is 17.2. The van der Waals surface area contributed by atoms with E-state index >= 15 is 0 Å². The van der Waals surface area contributed by atoms with Gasteiger partial charge in [0.2, 0.25) is 5.91 Å². The Hall–Kier alpha value is -3.50. The van der Waals surface area contributed by atoms with Crippen molar-refractivity contribution in [1.29, 1.82) is 0 Å². The lowest BCUT2D eigenvalue weighted by Crippen LogP contribution is -2.36. The highest BCUT2D eigenvalue weighted by molar-refractivity contribution is 6.31. The number of nitrogens with zero attached hydrogens (tertiary/aromatic N) is 2. The summed E-state index contributed by atoms with van der Waals surface area (Å²) < 4.78 is 29.2. The summed E-state index contributed by atoms with van der Waals surface area (Å²) in [5.41, 5.74) is 2.55. The molecule has 0 aliphatic carbocycles. The highest BCUT2D eigenvalue weighted by Crippen LogP contribution is 2.36. The van der Waals surface area contributed by atoms with E-state index in [1.54, 1.807) is 25.3 Å². The number of ether oxygens (including phenoxy) is 5. The third-order valence-corrected chi connectivity index (χ3v) is 6.97. The van der Waals surface area contributed by atoms with Crippen LogP contribution in [0.15, 0.2) is 60.7 Å². The van der Waals surface area contributed by atoms with Gasteiger partial charge in [-0.05, 0) is 36.4 Å². The number of anilines is 2. The zero-order valence-corrected chi connectivity index (χ0v) is 23.3. The van der Waals surface area contributed by atoms with Crippen LogP contribution in [-0.2, 0) is 20.8 Å². The molecule has 0 aromatic heterocycles. The average Bonchev–Trinajstić information content (AvgIpc) is 2.97. The van der Waals surface area contributed by atoms with Crippen LogP contribution in [0.4, 0.5) is 11.4 Å². The summed E-state index contributed by atoms with van der Waals surface area (Å²) in [6.45, 7) is 5.49. The summed E-state index contributed by atoms with van der Waals surface area (Å²) in [5.74, 6) is 2.16. The van der Waals surface area contributed by atoms with Crippen LogP contribution in [0.1, 0.15) is 5.56 Å². The fourth-order valence-electron chi connectivity index (χ4n) is 4.70. The highest BCUT2D eigenvalue weighted by Gasteiger charge is 2.19. The van der Waals surface area contributed by atoms with Gasteiger partial charge in [0.1, 0.15) is 12.4 Å². The molecule has 1 amide bonds. The van der Waals surface area contributed by atoms with E-state index in [9.17, 15) is 4.79 Å². The molecule has 40 heavy (non-hydrogen) atoms. The minimum atomic E-state index is -0.199. The number of morpholine rings is 1. The number of hydrogen-bond donors (Lipinski definition) is 1. The van der Waals surface area contributed by atoms with Crippen molar-refractivity contribution in [3.8, 4) is 23.0 Å². The molecule has 3 aromatic rings. The molecule has 0 unspecified atom stereocenters. The summed E-state index contributed by atoms with van der Waals surface area (Å²) in [6.07, 6.45) is 0. The third kappa shape index (κ3) is 7.37. The number of methoxy groups -OCH3 is 1. The predicted octanol–water partition coefficient (Wildman–Crippen LogP) is 4.83. The van der Waals surface area contributed by atoms with Gasteiger partial charge in [0.05, 0.1) is 45.8 Å². The first-order valence-corrected chi connectivity index (χ1v) is 13.8. The van der Waals surface area contributed by atoms with Gasteiger partial charge >= 0.3 is 0 Å². The summed E-state index contributed by atoms with van der Waals surface area (Å²) in [4.78, 5) is 17.6. The van der Waals surface area contributed by atoms with Crippen LogP contribution < -0.4 is 24.4 Å². The fourth-order valence-corrected chi connectivity index (χ4v) is 4.87. The molecular formula is C30H34ClN3O6.